The van der Waals surface area contributed by atoms with Gasteiger partial charge in [-0.25, -0.2) is 9.59 Å². The molecule has 39 heavy (non-hydrogen) atoms. The average Bonchev–Trinajstić information content (AvgIpc) is 3.37. The molecule has 8 nitrogen and oxygen atoms in total. The molecule has 0 fully saturated rings. The number of ether oxygens (including phenoxy) is 2. The van der Waals surface area contributed by atoms with Gasteiger partial charge in [0, 0.05) is 48.2 Å². The molecule has 0 aliphatic carbocycles. The Hall–Kier alpha value is -4.16. The highest BCUT2D eigenvalue weighted by atomic mass is 32.1. The Morgan fingerprint density at radius 1 is 1.03 bits per heavy atom. The van der Waals surface area contributed by atoms with Crippen molar-refractivity contribution in [3.05, 3.63) is 73.7 Å². The lowest BCUT2D eigenvalue weighted by atomic mass is 10.0. The molecular formula is C30H33N3O5S. The molecule has 0 spiro atoms. The number of anilines is 1. The molecule has 204 valence electrons. The molecule has 9 heteroatoms. The fourth-order valence-corrected chi connectivity index (χ4v) is 5.55. The van der Waals surface area contributed by atoms with Crippen molar-refractivity contribution in [2.75, 3.05) is 32.2 Å². The van der Waals surface area contributed by atoms with Gasteiger partial charge in [-0.1, -0.05) is 0 Å². The minimum Gasteiger partial charge on any atom is -0.462 e. The van der Waals surface area contributed by atoms with Gasteiger partial charge in [0.1, 0.15) is 10.9 Å². The Balaban J connectivity index is 1.97. The highest BCUT2D eigenvalue weighted by molar-refractivity contribution is 7.14. The van der Waals surface area contributed by atoms with E-state index in [0.717, 1.165) is 39.7 Å². The van der Waals surface area contributed by atoms with Gasteiger partial charge in [0.2, 0.25) is 0 Å². The lowest BCUT2D eigenvalue weighted by Gasteiger charge is -2.14. The summed E-state index contributed by atoms with van der Waals surface area (Å²) in [6.45, 7) is 9.23. The number of aryl methyl sites for hydroxylation is 1. The Kier molecular flexibility index (Phi) is 9.49. The third-order valence-corrected chi connectivity index (χ3v) is 7.57. The number of carbonyl (C=O) groups excluding carboxylic acids is 3. The zero-order chi connectivity index (χ0) is 28.9. The van der Waals surface area contributed by atoms with Crippen molar-refractivity contribution >= 4 is 40.8 Å². The second-order valence-electron chi connectivity index (χ2n) is 9.14. The molecule has 0 saturated carbocycles. The van der Waals surface area contributed by atoms with E-state index in [4.69, 9.17) is 9.47 Å². The Labute approximate surface area is 233 Å². The topological polar surface area (TPSA) is 102 Å². The molecule has 0 N–H and O–H groups in total. The maximum atomic E-state index is 13.3. The number of Topliss-reactive ketones (excluding diaryl/α,β-unsaturated/α-hetero) is 1. The fraction of sp³-hybridized carbons (Fsp3) is 0.333. The van der Waals surface area contributed by atoms with E-state index in [1.807, 2.05) is 69.2 Å². The van der Waals surface area contributed by atoms with Crippen LogP contribution in [0.1, 0.15) is 61.3 Å². The van der Waals surface area contributed by atoms with Crippen molar-refractivity contribution in [2.24, 2.45) is 0 Å². The SMILES string of the molecule is CCOC(=O)c1sc(CC(=O)C(C#N)=Cc2cc(C)n(-c3ccc(N(C)C)cc3)c2C)c(C(=O)OCC)c1C. The Bertz CT molecular complexity index is 1470. The van der Waals surface area contributed by atoms with Gasteiger partial charge >= 0.3 is 11.9 Å². The number of carbonyl (C=O) groups is 3. The van der Waals surface area contributed by atoms with E-state index < -0.39 is 17.7 Å². The molecule has 1 aromatic carbocycles. The number of benzene rings is 1. The summed E-state index contributed by atoms with van der Waals surface area (Å²) in [4.78, 5) is 41.1. The maximum absolute atomic E-state index is 13.3. The molecule has 0 unspecified atom stereocenters. The minimum absolute atomic E-state index is 0.0447. The van der Waals surface area contributed by atoms with Gasteiger partial charge in [0.05, 0.1) is 24.4 Å². The molecule has 2 heterocycles. The predicted octanol–water partition coefficient (Wildman–Crippen LogP) is 5.60. The van der Waals surface area contributed by atoms with E-state index in [-0.39, 0.29) is 35.6 Å². The lowest BCUT2D eigenvalue weighted by molar-refractivity contribution is -0.114. The van der Waals surface area contributed by atoms with Crippen molar-refractivity contribution < 1.29 is 23.9 Å². The fourth-order valence-electron chi connectivity index (χ4n) is 4.36. The van der Waals surface area contributed by atoms with Crippen LogP contribution in [0.25, 0.3) is 11.8 Å². The smallest absolute Gasteiger partial charge is 0.348 e. The summed E-state index contributed by atoms with van der Waals surface area (Å²) >= 11 is 1.02. The minimum atomic E-state index is -0.615. The van der Waals surface area contributed by atoms with Gasteiger partial charge in [-0.2, -0.15) is 5.26 Å². The zero-order valence-corrected chi connectivity index (χ0v) is 24.2. The predicted molar refractivity (Wildman–Crippen MR) is 153 cm³/mol. The van der Waals surface area contributed by atoms with Gasteiger partial charge in [0.25, 0.3) is 0 Å². The number of thiophene rings is 1. The molecule has 0 bridgehead atoms. The third-order valence-electron chi connectivity index (χ3n) is 6.30. The van der Waals surface area contributed by atoms with E-state index in [1.165, 1.54) is 0 Å². The van der Waals surface area contributed by atoms with Crippen LogP contribution in [0.4, 0.5) is 5.69 Å². The number of aromatic nitrogens is 1. The Morgan fingerprint density at radius 3 is 2.21 bits per heavy atom. The average molecular weight is 548 g/mol. The van der Waals surface area contributed by atoms with E-state index in [2.05, 4.69) is 4.57 Å². The number of nitrogens with zero attached hydrogens (tertiary/aromatic N) is 3. The van der Waals surface area contributed by atoms with E-state index >= 15 is 0 Å². The summed E-state index contributed by atoms with van der Waals surface area (Å²) in [5.41, 5.74) is 5.18. The summed E-state index contributed by atoms with van der Waals surface area (Å²) in [6, 6.07) is 12.1. The quantitative estimate of drug-likeness (QED) is 0.185. The molecular weight excluding hydrogens is 514 g/mol. The number of hydrogen-bond donors (Lipinski definition) is 0. The molecule has 0 atom stereocenters. The van der Waals surface area contributed by atoms with Crippen LogP contribution < -0.4 is 4.90 Å². The number of allylic oxidation sites excluding steroid dienone is 1. The van der Waals surface area contributed by atoms with Crippen molar-refractivity contribution in [1.29, 1.82) is 5.26 Å². The summed E-state index contributed by atoms with van der Waals surface area (Å²) in [5.74, 6) is -1.64. The molecule has 0 amide bonds. The first-order valence-electron chi connectivity index (χ1n) is 12.6. The molecule has 0 aliphatic rings. The number of ketones is 1. The highest BCUT2D eigenvalue weighted by Gasteiger charge is 2.28. The van der Waals surface area contributed by atoms with Crippen LogP contribution >= 0.6 is 11.3 Å². The monoisotopic (exact) mass is 547 g/mol. The van der Waals surface area contributed by atoms with Crippen molar-refractivity contribution in [1.82, 2.24) is 4.57 Å². The molecule has 3 aromatic rings. The number of esters is 2. The first kappa shape index (κ1) is 29.4. The van der Waals surface area contributed by atoms with Crippen LogP contribution in [0.3, 0.4) is 0 Å². The molecule has 0 saturated heterocycles. The number of rotatable bonds is 10. The van der Waals surface area contributed by atoms with Gasteiger partial charge in [-0.05, 0) is 82.2 Å². The van der Waals surface area contributed by atoms with Crippen LogP contribution in [0.2, 0.25) is 0 Å². The normalized spacial score (nSPS) is 11.2. The summed E-state index contributed by atoms with van der Waals surface area (Å²) < 4.78 is 12.4. The molecule has 2 aromatic heterocycles. The van der Waals surface area contributed by atoms with Crippen molar-refractivity contribution in [2.45, 2.75) is 41.0 Å². The van der Waals surface area contributed by atoms with Gasteiger partial charge in [-0.3, -0.25) is 4.79 Å². The maximum Gasteiger partial charge on any atom is 0.348 e. The van der Waals surface area contributed by atoms with E-state index in [0.29, 0.717) is 10.4 Å². The second-order valence-corrected chi connectivity index (χ2v) is 10.2. The van der Waals surface area contributed by atoms with Crippen LogP contribution in [0.15, 0.2) is 35.9 Å². The molecule has 0 radical (unpaired) electrons. The third kappa shape index (κ3) is 6.29. The first-order valence-corrected chi connectivity index (χ1v) is 13.4. The van der Waals surface area contributed by atoms with Crippen LogP contribution in [-0.4, -0.2) is 49.6 Å². The van der Waals surface area contributed by atoms with Gasteiger partial charge in [0.15, 0.2) is 5.78 Å². The Morgan fingerprint density at radius 2 is 1.64 bits per heavy atom. The second kappa shape index (κ2) is 12.6. The van der Waals surface area contributed by atoms with E-state index in [1.54, 1.807) is 26.8 Å². The van der Waals surface area contributed by atoms with Crippen LogP contribution in [0, 0.1) is 32.1 Å². The molecule has 0 aliphatic heterocycles. The summed E-state index contributed by atoms with van der Waals surface area (Å²) in [6.07, 6.45) is 1.36. The summed E-state index contributed by atoms with van der Waals surface area (Å²) in [5, 5.41) is 9.87. The zero-order valence-electron chi connectivity index (χ0n) is 23.4. The van der Waals surface area contributed by atoms with Crippen molar-refractivity contribution in [3.63, 3.8) is 0 Å². The number of nitriles is 1. The highest BCUT2D eigenvalue weighted by Crippen LogP contribution is 2.31. The largest absolute Gasteiger partial charge is 0.462 e. The standard InChI is InChI=1S/C30H33N3O5S/c1-8-37-29(35)27-19(4)28(30(36)38-9-2)39-26(27)16-25(34)22(17-31)15-21-14-18(3)33(20(21)5)24-12-10-23(11-13-24)32(6)7/h10-15H,8-9,16H2,1-7H3. The van der Waals surface area contributed by atoms with Gasteiger partial charge in [-0.15, -0.1) is 11.3 Å². The van der Waals surface area contributed by atoms with Crippen LogP contribution in [-0.2, 0) is 20.7 Å². The van der Waals surface area contributed by atoms with E-state index in [9.17, 15) is 19.6 Å². The number of hydrogen-bond acceptors (Lipinski definition) is 8. The van der Waals surface area contributed by atoms with Gasteiger partial charge < -0.3 is 18.9 Å². The summed E-state index contributed by atoms with van der Waals surface area (Å²) in [7, 11) is 3.96. The molecule has 3 rings (SSSR count). The lowest BCUT2D eigenvalue weighted by Crippen LogP contribution is -2.12. The van der Waals surface area contributed by atoms with Crippen molar-refractivity contribution in [3.8, 4) is 11.8 Å². The first-order chi connectivity index (χ1) is 18.5. The van der Waals surface area contributed by atoms with Crippen LogP contribution in [0.5, 0.6) is 0 Å².